The van der Waals surface area contributed by atoms with Gasteiger partial charge in [0.05, 0.1) is 11.0 Å². The number of rotatable bonds is 11. The van der Waals surface area contributed by atoms with E-state index in [0.29, 0.717) is 24.5 Å². The first-order valence-corrected chi connectivity index (χ1v) is 16.6. The first-order valence-electron chi connectivity index (χ1n) is 15.8. The summed E-state index contributed by atoms with van der Waals surface area (Å²) in [6.07, 6.45) is 2.01. The van der Waals surface area contributed by atoms with Gasteiger partial charge in [0.1, 0.15) is 52.9 Å². The van der Waals surface area contributed by atoms with Gasteiger partial charge in [0.2, 0.25) is 0 Å². The Morgan fingerprint density at radius 1 is 1.00 bits per heavy atom. The molecular formula is C38H40N2O6S. The Morgan fingerprint density at radius 2 is 1.72 bits per heavy atom. The lowest BCUT2D eigenvalue weighted by Crippen LogP contribution is -2.42. The van der Waals surface area contributed by atoms with Gasteiger partial charge in [-0.1, -0.05) is 30.3 Å². The molecule has 0 saturated heterocycles. The maximum Gasteiger partial charge on any atom is 0.317 e. The molecule has 0 fully saturated rings. The average molecular weight is 653 g/mol. The Bertz CT molecular complexity index is 1920. The number of carboxylic acid groups (broad SMARTS) is 1. The van der Waals surface area contributed by atoms with Crippen LogP contribution in [0.15, 0.2) is 77.7 Å². The summed E-state index contributed by atoms with van der Waals surface area (Å²) < 4.78 is 20.9. The van der Waals surface area contributed by atoms with Crippen LogP contribution in [0.4, 0.5) is 0 Å². The predicted octanol–water partition coefficient (Wildman–Crippen LogP) is 7.73. The van der Waals surface area contributed by atoms with Crippen molar-refractivity contribution in [2.75, 3.05) is 6.61 Å². The Labute approximate surface area is 279 Å². The quantitative estimate of drug-likeness (QED) is 0.140. The minimum absolute atomic E-state index is 0.279. The monoisotopic (exact) mass is 652 g/mol. The number of aryl methyl sites for hydroxylation is 1. The number of phenolic OH excluding ortho intramolecular Hbond substituents is 1. The predicted molar refractivity (Wildman–Crippen MR) is 184 cm³/mol. The first kappa shape index (κ1) is 32.3. The third kappa shape index (κ3) is 6.90. The number of hydrogen-bond donors (Lipinski definition) is 2. The summed E-state index contributed by atoms with van der Waals surface area (Å²) in [6, 6.07) is 23.0. The van der Waals surface area contributed by atoms with Crippen molar-refractivity contribution in [3.63, 3.8) is 0 Å². The van der Waals surface area contributed by atoms with Gasteiger partial charge in [-0.3, -0.25) is 4.79 Å². The van der Waals surface area contributed by atoms with Gasteiger partial charge in [-0.05, 0) is 106 Å². The molecule has 4 aromatic carbocycles. The molecule has 8 nitrogen and oxygen atoms in total. The summed E-state index contributed by atoms with van der Waals surface area (Å²) >= 11 is 1.35. The number of aromatic nitrogens is 2. The van der Waals surface area contributed by atoms with Crippen LogP contribution in [0.1, 0.15) is 47.0 Å². The Balaban J connectivity index is 1.07. The van der Waals surface area contributed by atoms with E-state index in [1.165, 1.54) is 11.8 Å². The number of hydrogen-bond acceptors (Lipinski definition) is 7. The van der Waals surface area contributed by atoms with E-state index >= 15 is 0 Å². The minimum atomic E-state index is -0.834. The summed E-state index contributed by atoms with van der Waals surface area (Å²) in [4.78, 5) is 17.6. The van der Waals surface area contributed by atoms with Gasteiger partial charge in [-0.2, -0.15) is 0 Å². The highest BCUT2D eigenvalue weighted by Gasteiger charge is 2.35. The highest BCUT2D eigenvalue weighted by Crippen LogP contribution is 2.43. The maximum absolute atomic E-state index is 11.9. The van der Waals surface area contributed by atoms with Crippen molar-refractivity contribution < 1.29 is 29.2 Å². The molecule has 1 aromatic heterocycles. The second-order valence-electron chi connectivity index (χ2n) is 12.5. The Hall–Kier alpha value is -4.63. The molecule has 0 radical (unpaired) electrons. The molecule has 0 amide bonds. The molecule has 0 spiro atoms. The number of nitrogens with zero attached hydrogens (tertiary/aromatic N) is 2. The minimum Gasteiger partial charge on any atom is -0.507 e. The number of aliphatic carboxylic acids is 1. The molecule has 2 atom stereocenters. The lowest BCUT2D eigenvalue weighted by Gasteiger charge is -2.37. The van der Waals surface area contributed by atoms with Crippen molar-refractivity contribution in [1.29, 1.82) is 0 Å². The standard InChI is InChI=1S/C38H40N2O6S/c1-23-24(2)36-30(25(3)35(23)41)17-18-38(4,46-36)22-45-28-15-16-31-32(20-28)40(5)34(39-31)21-44-27-13-11-26(12-14-27)19-33(37(42)43)47-29-9-7-6-8-10-29/h6-16,20,33,41H,17-19,21-22H2,1-5H3,(H,42,43). The number of ether oxygens (including phenoxy) is 3. The van der Waals surface area contributed by atoms with Gasteiger partial charge in [-0.25, -0.2) is 4.98 Å². The number of carboxylic acids is 1. The van der Waals surface area contributed by atoms with Crippen LogP contribution in [0, 0.1) is 20.8 Å². The fourth-order valence-corrected chi connectivity index (χ4v) is 7.02. The van der Waals surface area contributed by atoms with E-state index < -0.39 is 16.8 Å². The van der Waals surface area contributed by atoms with Crippen molar-refractivity contribution in [3.8, 4) is 23.0 Å². The average Bonchev–Trinajstić information content (AvgIpc) is 3.39. The van der Waals surface area contributed by atoms with Gasteiger partial charge in [0.25, 0.3) is 0 Å². The molecule has 6 rings (SSSR count). The smallest absolute Gasteiger partial charge is 0.317 e. The second kappa shape index (κ2) is 13.2. The van der Waals surface area contributed by atoms with E-state index in [0.717, 1.165) is 73.9 Å². The number of aromatic hydroxyl groups is 1. The number of carbonyl (C=O) groups is 1. The van der Waals surface area contributed by atoms with E-state index in [4.69, 9.17) is 19.2 Å². The summed E-state index contributed by atoms with van der Waals surface area (Å²) in [5.74, 6) is 2.58. The summed E-state index contributed by atoms with van der Waals surface area (Å²) in [6.45, 7) is 8.61. The van der Waals surface area contributed by atoms with Gasteiger partial charge < -0.3 is 29.0 Å². The van der Waals surface area contributed by atoms with Crippen molar-refractivity contribution in [2.24, 2.45) is 7.05 Å². The van der Waals surface area contributed by atoms with Crippen LogP contribution in [0.5, 0.6) is 23.0 Å². The van der Waals surface area contributed by atoms with Gasteiger partial charge in [0, 0.05) is 23.6 Å². The van der Waals surface area contributed by atoms with E-state index in [-0.39, 0.29) is 6.61 Å². The molecule has 2 unspecified atom stereocenters. The van der Waals surface area contributed by atoms with Crippen molar-refractivity contribution >= 4 is 28.8 Å². The molecular weight excluding hydrogens is 612 g/mol. The normalized spacial score (nSPS) is 16.4. The lowest BCUT2D eigenvalue weighted by molar-refractivity contribution is -0.136. The van der Waals surface area contributed by atoms with Crippen LogP contribution < -0.4 is 14.2 Å². The summed E-state index contributed by atoms with van der Waals surface area (Å²) in [7, 11) is 1.96. The number of benzene rings is 4. The van der Waals surface area contributed by atoms with Gasteiger partial charge in [-0.15, -0.1) is 11.8 Å². The molecule has 1 aliphatic rings. The fourth-order valence-electron chi connectivity index (χ4n) is 6.00. The van der Waals surface area contributed by atoms with Crippen LogP contribution in [-0.2, 0) is 31.3 Å². The molecule has 244 valence electrons. The topological polar surface area (TPSA) is 103 Å². The van der Waals surface area contributed by atoms with E-state index in [1.54, 1.807) is 0 Å². The molecule has 1 aliphatic heterocycles. The zero-order valence-corrected chi connectivity index (χ0v) is 28.2. The van der Waals surface area contributed by atoms with Crippen LogP contribution in [-0.4, -0.2) is 43.2 Å². The molecule has 5 aromatic rings. The first-order chi connectivity index (χ1) is 22.5. The van der Waals surface area contributed by atoms with Crippen molar-refractivity contribution in [2.45, 2.75) is 69.3 Å². The van der Waals surface area contributed by atoms with Crippen LogP contribution >= 0.6 is 11.8 Å². The Morgan fingerprint density at radius 3 is 2.45 bits per heavy atom. The zero-order valence-electron chi connectivity index (χ0n) is 27.4. The lowest BCUT2D eigenvalue weighted by atomic mass is 9.87. The summed E-state index contributed by atoms with van der Waals surface area (Å²) in [5.41, 5.74) is 6.01. The molecule has 0 aliphatic carbocycles. The van der Waals surface area contributed by atoms with Gasteiger partial charge >= 0.3 is 5.97 Å². The maximum atomic E-state index is 11.9. The van der Waals surface area contributed by atoms with E-state index in [9.17, 15) is 15.0 Å². The van der Waals surface area contributed by atoms with Crippen LogP contribution in [0.2, 0.25) is 0 Å². The van der Waals surface area contributed by atoms with E-state index in [2.05, 4.69) is 6.92 Å². The second-order valence-corrected chi connectivity index (χ2v) is 13.8. The number of phenols is 1. The third-order valence-electron chi connectivity index (χ3n) is 9.09. The largest absolute Gasteiger partial charge is 0.507 e. The molecule has 0 bridgehead atoms. The van der Waals surface area contributed by atoms with Crippen LogP contribution in [0.3, 0.4) is 0 Å². The highest BCUT2D eigenvalue weighted by atomic mass is 32.2. The molecule has 0 saturated carbocycles. The summed E-state index contributed by atoms with van der Waals surface area (Å²) in [5, 5.41) is 19.7. The molecule has 47 heavy (non-hydrogen) atoms. The highest BCUT2D eigenvalue weighted by molar-refractivity contribution is 8.00. The van der Waals surface area contributed by atoms with Crippen molar-refractivity contribution in [1.82, 2.24) is 9.55 Å². The van der Waals surface area contributed by atoms with Gasteiger partial charge in [0.15, 0.2) is 0 Å². The van der Waals surface area contributed by atoms with E-state index in [1.807, 2.05) is 105 Å². The number of thioether (sulfide) groups is 1. The molecule has 2 N–H and O–H groups in total. The third-order valence-corrected chi connectivity index (χ3v) is 10.3. The zero-order chi connectivity index (χ0) is 33.3. The molecule has 9 heteroatoms. The Kier molecular flexibility index (Phi) is 9.10. The molecule has 2 heterocycles. The number of fused-ring (bicyclic) bond motifs is 2. The SMILES string of the molecule is Cc1c(C)c2c(c(C)c1O)CCC(C)(COc1ccc3nc(COc4ccc(CC(Sc5ccccc5)C(=O)O)cc4)n(C)c3c1)O2. The van der Waals surface area contributed by atoms with Crippen molar-refractivity contribution in [3.05, 3.63) is 106 Å². The van der Waals surface area contributed by atoms with Crippen LogP contribution in [0.25, 0.3) is 11.0 Å². The number of imidazole rings is 1. The fraction of sp³-hybridized carbons (Fsp3) is 0.316.